The zero-order valence-electron chi connectivity index (χ0n) is 22.6. The van der Waals surface area contributed by atoms with Gasteiger partial charge >= 0.3 is 0 Å². The first-order valence-electron chi connectivity index (χ1n) is 13.7. The molecular weight excluding hydrogens is 501 g/mol. The van der Waals surface area contributed by atoms with E-state index in [1.807, 2.05) is 31.5 Å². The van der Waals surface area contributed by atoms with Gasteiger partial charge in [-0.25, -0.2) is 9.37 Å². The second kappa shape index (κ2) is 11.4. The van der Waals surface area contributed by atoms with Crippen LogP contribution in [-0.2, 0) is 6.42 Å². The molecule has 202 valence electrons. The Morgan fingerprint density at radius 2 is 1.85 bits per heavy atom. The van der Waals surface area contributed by atoms with Crippen molar-refractivity contribution < 1.29 is 4.39 Å². The Morgan fingerprint density at radius 3 is 2.67 bits per heavy atom. The van der Waals surface area contributed by atoms with Crippen molar-refractivity contribution in [2.24, 2.45) is 0 Å². The number of aryl methyl sites for hydroxylation is 1. The summed E-state index contributed by atoms with van der Waals surface area (Å²) in [5, 5.41) is 11.8. The van der Waals surface area contributed by atoms with E-state index in [4.69, 9.17) is 0 Å². The molecular formula is C32H32FN7. The smallest absolute Gasteiger partial charge is 0.133 e. The van der Waals surface area contributed by atoms with Crippen LogP contribution < -0.4 is 5.32 Å². The minimum atomic E-state index is -0.263. The minimum absolute atomic E-state index is 0.263. The van der Waals surface area contributed by atoms with Crippen LogP contribution in [0.2, 0.25) is 0 Å². The number of benzene rings is 1. The molecule has 2 N–H and O–H groups in total. The van der Waals surface area contributed by atoms with Crippen molar-refractivity contribution in [2.45, 2.75) is 32.6 Å². The van der Waals surface area contributed by atoms with Gasteiger partial charge in [0.05, 0.1) is 23.1 Å². The average Bonchev–Trinajstić information content (AvgIpc) is 3.65. The highest BCUT2D eigenvalue weighted by atomic mass is 19.1. The van der Waals surface area contributed by atoms with Crippen molar-refractivity contribution in [3.05, 3.63) is 96.5 Å². The number of H-pyrrole nitrogens is 1. The average molecular weight is 534 g/mol. The first-order chi connectivity index (χ1) is 19.5. The summed E-state index contributed by atoms with van der Waals surface area (Å²) in [6.07, 6.45) is 12.1. The standard InChI is InChI=1S/C32H32FN7/c1-21-27(24-7-9-26(33)10-8-24)11-12-35-32(21)37-22(2)31-28-17-29(36-20-30(28)38-39-31)25-16-23(18-34-19-25)6-5-15-40-13-3-4-14-40/h7-12,16-20H,2-6,13-15H2,1H3,(H,35,37)(H,38,39). The topological polar surface area (TPSA) is 82.6 Å². The molecule has 1 saturated heterocycles. The van der Waals surface area contributed by atoms with E-state index in [-0.39, 0.29) is 5.82 Å². The molecule has 0 amide bonds. The van der Waals surface area contributed by atoms with Crippen LogP contribution in [0.15, 0.2) is 73.8 Å². The molecule has 4 aromatic heterocycles. The second-order valence-corrected chi connectivity index (χ2v) is 10.4. The van der Waals surface area contributed by atoms with Crippen LogP contribution >= 0.6 is 0 Å². The maximum atomic E-state index is 13.4. The fourth-order valence-electron chi connectivity index (χ4n) is 5.39. The van der Waals surface area contributed by atoms with Gasteiger partial charge in [-0.3, -0.25) is 15.1 Å². The maximum absolute atomic E-state index is 13.4. The first kappa shape index (κ1) is 25.8. The monoisotopic (exact) mass is 533 g/mol. The Morgan fingerprint density at radius 1 is 1.02 bits per heavy atom. The number of nitrogens with zero attached hydrogens (tertiary/aromatic N) is 5. The van der Waals surface area contributed by atoms with Crippen LogP contribution in [0.1, 0.15) is 36.1 Å². The van der Waals surface area contributed by atoms with Crippen LogP contribution in [0, 0.1) is 12.7 Å². The molecule has 0 atom stereocenters. The number of pyridine rings is 3. The van der Waals surface area contributed by atoms with Crippen molar-refractivity contribution in [2.75, 3.05) is 25.0 Å². The zero-order valence-corrected chi connectivity index (χ0v) is 22.6. The summed E-state index contributed by atoms with van der Waals surface area (Å²) >= 11 is 0. The third kappa shape index (κ3) is 5.49. The Kier molecular flexibility index (Phi) is 7.33. The van der Waals surface area contributed by atoms with Crippen molar-refractivity contribution in [1.29, 1.82) is 0 Å². The van der Waals surface area contributed by atoms with E-state index in [2.05, 4.69) is 48.0 Å². The highest BCUT2D eigenvalue weighted by molar-refractivity contribution is 5.94. The molecule has 7 nitrogen and oxygen atoms in total. The molecule has 1 fully saturated rings. The zero-order chi connectivity index (χ0) is 27.5. The van der Waals surface area contributed by atoms with Gasteiger partial charge in [0.15, 0.2) is 0 Å². The lowest BCUT2D eigenvalue weighted by atomic mass is 10.0. The first-order valence-corrected chi connectivity index (χ1v) is 13.7. The highest BCUT2D eigenvalue weighted by Gasteiger charge is 2.15. The molecule has 0 radical (unpaired) electrons. The number of hydrogen-bond donors (Lipinski definition) is 2. The highest BCUT2D eigenvalue weighted by Crippen LogP contribution is 2.31. The van der Waals surface area contributed by atoms with E-state index in [1.54, 1.807) is 24.5 Å². The maximum Gasteiger partial charge on any atom is 0.133 e. The van der Waals surface area contributed by atoms with Crippen LogP contribution in [0.4, 0.5) is 10.2 Å². The van der Waals surface area contributed by atoms with Crippen LogP contribution in [0.25, 0.3) is 39.0 Å². The van der Waals surface area contributed by atoms with Gasteiger partial charge in [0.2, 0.25) is 0 Å². The molecule has 5 aromatic rings. The normalized spacial score (nSPS) is 13.7. The number of aromatic nitrogens is 5. The second-order valence-electron chi connectivity index (χ2n) is 10.4. The van der Waals surface area contributed by atoms with Crippen molar-refractivity contribution in [3.63, 3.8) is 0 Å². The summed E-state index contributed by atoms with van der Waals surface area (Å²) < 4.78 is 13.4. The van der Waals surface area contributed by atoms with E-state index in [9.17, 15) is 4.39 Å². The Bertz CT molecular complexity index is 1650. The van der Waals surface area contributed by atoms with E-state index in [1.165, 1.54) is 43.6 Å². The van der Waals surface area contributed by atoms with E-state index < -0.39 is 0 Å². The molecule has 0 saturated carbocycles. The van der Waals surface area contributed by atoms with E-state index >= 15 is 0 Å². The molecule has 8 heteroatoms. The molecule has 0 bridgehead atoms. The van der Waals surface area contributed by atoms with Gasteiger partial charge in [-0.15, -0.1) is 0 Å². The lowest BCUT2D eigenvalue weighted by Gasteiger charge is -2.14. The van der Waals surface area contributed by atoms with Crippen LogP contribution in [-0.4, -0.2) is 49.7 Å². The summed E-state index contributed by atoms with van der Waals surface area (Å²) in [5.74, 6) is 0.407. The van der Waals surface area contributed by atoms with Gasteiger partial charge in [0.1, 0.15) is 17.3 Å². The molecule has 0 aliphatic carbocycles. The summed E-state index contributed by atoms with van der Waals surface area (Å²) in [6.45, 7) is 9.84. The summed E-state index contributed by atoms with van der Waals surface area (Å²) in [7, 11) is 0. The number of likely N-dealkylation sites (tertiary alicyclic amines) is 1. The third-order valence-corrected chi connectivity index (χ3v) is 7.59. The van der Waals surface area contributed by atoms with Crippen LogP contribution in [0.3, 0.4) is 0 Å². The molecule has 40 heavy (non-hydrogen) atoms. The number of anilines is 1. The summed E-state index contributed by atoms with van der Waals surface area (Å²) in [6, 6.07) is 12.6. The minimum Gasteiger partial charge on any atom is -0.339 e. The van der Waals surface area contributed by atoms with Gasteiger partial charge in [-0.1, -0.05) is 18.7 Å². The molecule has 1 aliphatic heterocycles. The molecule has 1 aromatic carbocycles. The van der Waals surface area contributed by atoms with Crippen molar-refractivity contribution in [1.82, 2.24) is 30.0 Å². The number of halogens is 1. The van der Waals surface area contributed by atoms with E-state index in [0.29, 0.717) is 17.2 Å². The Labute approximate surface area is 233 Å². The third-order valence-electron chi connectivity index (χ3n) is 7.59. The van der Waals surface area contributed by atoms with Crippen LogP contribution in [0.5, 0.6) is 0 Å². The van der Waals surface area contributed by atoms with Gasteiger partial charge in [0, 0.05) is 29.5 Å². The van der Waals surface area contributed by atoms with Gasteiger partial charge in [0.25, 0.3) is 0 Å². The molecule has 6 rings (SSSR count). The van der Waals surface area contributed by atoms with Gasteiger partial charge < -0.3 is 10.2 Å². The number of hydrogen-bond acceptors (Lipinski definition) is 6. The number of nitrogens with one attached hydrogen (secondary N) is 2. The summed E-state index contributed by atoms with van der Waals surface area (Å²) in [5.41, 5.74) is 8.00. The van der Waals surface area contributed by atoms with Crippen molar-refractivity contribution >= 4 is 22.4 Å². The lowest BCUT2D eigenvalue weighted by Crippen LogP contribution is -2.20. The molecule has 0 spiro atoms. The number of aromatic amines is 1. The summed E-state index contributed by atoms with van der Waals surface area (Å²) in [4.78, 5) is 16.3. The molecule has 1 aliphatic rings. The fraction of sp³-hybridized carbons (Fsp3) is 0.250. The molecule has 5 heterocycles. The number of rotatable bonds is 9. The quantitative estimate of drug-likeness (QED) is 0.221. The SMILES string of the molecule is C=C(Nc1nccc(-c2ccc(F)cc2)c1C)c1n[nH]c2cnc(-c3cncc(CCCN4CCCC4)c3)cc12. The lowest BCUT2D eigenvalue weighted by molar-refractivity contribution is 0.334. The predicted molar refractivity (Wildman–Crippen MR) is 158 cm³/mol. The fourth-order valence-corrected chi connectivity index (χ4v) is 5.39. The van der Waals surface area contributed by atoms with Gasteiger partial charge in [-0.2, -0.15) is 5.10 Å². The van der Waals surface area contributed by atoms with Gasteiger partial charge in [-0.05, 0) is 105 Å². The molecule has 0 unspecified atom stereocenters. The van der Waals surface area contributed by atoms with E-state index in [0.717, 1.165) is 58.2 Å². The largest absolute Gasteiger partial charge is 0.339 e. The number of fused-ring (bicyclic) bond motifs is 1. The predicted octanol–water partition coefficient (Wildman–Crippen LogP) is 6.64. The Hall–Kier alpha value is -4.43. The van der Waals surface area contributed by atoms with Crippen molar-refractivity contribution in [3.8, 4) is 22.4 Å². The Balaban J connectivity index is 1.21.